The molecule has 3 aromatic heterocycles. The molecule has 16 nitrogen and oxygen atoms in total. The van der Waals surface area contributed by atoms with Crippen molar-refractivity contribution < 1.29 is 14.7 Å². The normalized spacial score (nSPS) is 12.8. The van der Waals surface area contributed by atoms with E-state index in [4.69, 9.17) is 5.73 Å². The van der Waals surface area contributed by atoms with E-state index in [1.807, 2.05) is 17.9 Å². The number of carbonyl (C=O) groups excluding carboxylic acids is 2. The third-order valence-electron chi connectivity index (χ3n) is 7.38. The number of pyridine rings is 3. The number of allylic oxidation sites excluding steroid dienone is 3. The van der Waals surface area contributed by atoms with Crippen LogP contribution in [0.5, 0.6) is 0 Å². The van der Waals surface area contributed by atoms with Crippen molar-refractivity contribution in [3.05, 3.63) is 163 Å². The minimum absolute atomic E-state index is 0.0119. The predicted octanol–water partition coefficient (Wildman–Crippen LogP) is 4.71. The number of hydrogen-bond acceptors (Lipinski definition) is 14. The lowest BCUT2D eigenvalue weighted by molar-refractivity contribution is 0.0987. The number of rotatable bonds is 17. The van der Waals surface area contributed by atoms with Gasteiger partial charge in [0.25, 0.3) is 0 Å². The van der Waals surface area contributed by atoms with Crippen molar-refractivity contribution in [3.8, 4) is 0 Å². The number of aliphatic imine (C=N–C) groups is 1. The third kappa shape index (κ3) is 11.1. The molecule has 1 aliphatic rings. The Labute approximate surface area is 298 Å². The fourth-order valence-corrected chi connectivity index (χ4v) is 4.87. The number of nitroso groups, excluding NO2 is 3. The van der Waals surface area contributed by atoms with Gasteiger partial charge in [-0.05, 0) is 66.7 Å². The van der Waals surface area contributed by atoms with Gasteiger partial charge in [-0.3, -0.25) is 14.5 Å². The van der Waals surface area contributed by atoms with E-state index in [1.165, 1.54) is 12.1 Å². The lowest BCUT2D eigenvalue weighted by Gasteiger charge is -2.25. The highest BCUT2D eigenvalue weighted by Crippen LogP contribution is 2.17. The summed E-state index contributed by atoms with van der Waals surface area (Å²) in [5.74, 6) is -1.68. The van der Waals surface area contributed by atoms with Gasteiger partial charge in [0.2, 0.25) is 0 Å². The summed E-state index contributed by atoms with van der Waals surface area (Å²) in [4.78, 5) is 77.8. The van der Waals surface area contributed by atoms with E-state index < -0.39 is 11.8 Å². The molecule has 0 bridgehead atoms. The summed E-state index contributed by atoms with van der Waals surface area (Å²) in [6.45, 7) is 6.33. The zero-order chi connectivity index (χ0) is 37.5. The van der Waals surface area contributed by atoms with E-state index in [0.717, 1.165) is 5.57 Å². The highest BCUT2D eigenvalue weighted by atomic mass is 16.3. The van der Waals surface area contributed by atoms with Crippen LogP contribution < -0.4 is 5.73 Å². The zero-order valence-corrected chi connectivity index (χ0v) is 28.1. The van der Waals surface area contributed by atoms with Gasteiger partial charge in [0.05, 0.1) is 54.0 Å². The number of aromatic nitrogens is 3. The number of amides is 2. The maximum absolute atomic E-state index is 11.9. The van der Waals surface area contributed by atoms with Crippen LogP contribution in [-0.4, -0.2) is 67.1 Å². The van der Waals surface area contributed by atoms with Crippen LogP contribution in [0.3, 0.4) is 0 Å². The van der Waals surface area contributed by atoms with Crippen molar-refractivity contribution in [3.63, 3.8) is 0 Å². The standard InChI is InChI=1S/C36H34N10O6/c1-24(16-17-45(19-26-10-5-13-31(39-26)25(2)42-50)20-27-11-6-14-32(40-27)35(48)43-51)18-34(37)46(21-28-8-3-4-9-30(23-47)38-28)22-29-12-7-15-33(41-29)36(49)44-52/h3-7,9-16,18,47H,2,17,19-23,37H2,1H3/b24-16-,34-18+. The molecular formula is C36H34N10O6. The number of nitrogens with zero attached hydrogens (tertiary/aromatic N) is 9. The first-order valence-corrected chi connectivity index (χ1v) is 15.7. The summed E-state index contributed by atoms with van der Waals surface area (Å²) in [6.07, 6.45) is 8.68. The molecule has 16 heteroatoms. The summed E-state index contributed by atoms with van der Waals surface area (Å²) in [5, 5.41) is 17.5. The Bertz CT molecular complexity index is 2000. The maximum Gasteiger partial charge on any atom is 0.334 e. The molecular weight excluding hydrogens is 668 g/mol. The van der Waals surface area contributed by atoms with E-state index >= 15 is 0 Å². The molecule has 0 atom stereocenters. The molecule has 264 valence electrons. The second-order valence-electron chi connectivity index (χ2n) is 11.3. The Hall–Kier alpha value is -6.74. The second-order valence-corrected chi connectivity index (χ2v) is 11.3. The average molecular weight is 703 g/mol. The van der Waals surface area contributed by atoms with Crippen LogP contribution in [0.15, 0.2) is 135 Å². The van der Waals surface area contributed by atoms with Gasteiger partial charge in [-0.15, -0.1) is 14.7 Å². The molecule has 4 rings (SSSR count). The zero-order valence-electron chi connectivity index (χ0n) is 28.1. The van der Waals surface area contributed by atoms with E-state index in [2.05, 4.69) is 47.8 Å². The average Bonchev–Trinajstić information content (AvgIpc) is 3.41. The number of nitrogens with two attached hydrogens (primary N) is 1. The van der Waals surface area contributed by atoms with E-state index in [1.54, 1.807) is 71.7 Å². The molecule has 52 heavy (non-hydrogen) atoms. The van der Waals surface area contributed by atoms with Gasteiger partial charge in [-0.25, -0.2) is 19.9 Å². The molecule has 4 heterocycles. The predicted molar refractivity (Wildman–Crippen MR) is 194 cm³/mol. The van der Waals surface area contributed by atoms with E-state index in [9.17, 15) is 29.4 Å². The van der Waals surface area contributed by atoms with E-state index in [0.29, 0.717) is 46.6 Å². The summed E-state index contributed by atoms with van der Waals surface area (Å²) < 4.78 is 0. The number of aliphatic hydroxyl groups is 1. The van der Waals surface area contributed by atoms with Gasteiger partial charge in [-0.1, -0.05) is 48.2 Å². The van der Waals surface area contributed by atoms with Crippen LogP contribution in [-0.2, 0) is 19.6 Å². The fraction of sp³-hybridized carbons (Fsp3) is 0.194. The van der Waals surface area contributed by atoms with Gasteiger partial charge in [0, 0.05) is 30.0 Å². The van der Waals surface area contributed by atoms with Gasteiger partial charge in [-0.2, -0.15) is 0 Å². The number of hydrogen-bond donors (Lipinski definition) is 2. The lowest BCUT2D eigenvalue weighted by Crippen LogP contribution is -2.30. The molecule has 3 N–H and O–H groups in total. The van der Waals surface area contributed by atoms with Crippen molar-refractivity contribution in [2.45, 2.75) is 26.6 Å². The molecule has 0 radical (unpaired) electrons. The van der Waals surface area contributed by atoms with Gasteiger partial charge >= 0.3 is 11.8 Å². The van der Waals surface area contributed by atoms with Crippen LogP contribution in [0.2, 0.25) is 0 Å². The lowest BCUT2D eigenvalue weighted by atomic mass is 10.2. The Kier molecular flexibility index (Phi) is 13.8. The molecule has 3 aromatic rings. The highest BCUT2D eigenvalue weighted by molar-refractivity contribution is 5.97. The Morgan fingerprint density at radius 1 is 0.846 bits per heavy atom. The SMILES string of the molecule is C=C(N=O)c1cccc(CN(C/C=C(C)\C=C(/N)N(CC2=C=CC=CC(CO)=N2)Cc2cccc(C(=O)N=O)n2)Cc2cccc(C(=O)N=O)n2)n1. The first-order valence-electron chi connectivity index (χ1n) is 15.7. The largest absolute Gasteiger partial charge is 0.390 e. The van der Waals surface area contributed by atoms with Crippen LogP contribution >= 0.6 is 0 Å². The molecule has 0 aliphatic carbocycles. The molecule has 0 aromatic carbocycles. The molecule has 0 spiro atoms. The van der Waals surface area contributed by atoms with Crippen molar-refractivity contribution in [2.75, 3.05) is 19.7 Å². The molecule has 1 aliphatic heterocycles. The van der Waals surface area contributed by atoms with Crippen molar-refractivity contribution in [1.29, 1.82) is 0 Å². The van der Waals surface area contributed by atoms with Crippen molar-refractivity contribution in [1.82, 2.24) is 24.8 Å². The highest BCUT2D eigenvalue weighted by Gasteiger charge is 2.16. The minimum Gasteiger partial charge on any atom is -0.390 e. The van der Waals surface area contributed by atoms with Crippen LogP contribution in [0.25, 0.3) is 5.70 Å². The maximum atomic E-state index is 11.9. The molecule has 0 saturated heterocycles. The first-order chi connectivity index (χ1) is 25.1. The van der Waals surface area contributed by atoms with Crippen LogP contribution in [0.4, 0.5) is 0 Å². The Morgan fingerprint density at radius 2 is 1.40 bits per heavy atom. The third-order valence-corrected chi connectivity index (χ3v) is 7.38. The number of aliphatic hydroxyl groups excluding tert-OH is 1. The van der Waals surface area contributed by atoms with Gasteiger partial charge in [0.15, 0.2) is 0 Å². The van der Waals surface area contributed by atoms with Gasteiger partial charge in [0.1, 0.15) is 22.8 Å². The molecule has 0 fully saturated rings. The molecule has 0 saturated carbocycles. The van der Waals surface area contributed by atoms with Crippen molar-refractivity contribution >= 4 is 23.2 Å². The number of carbonyl (C=O) groups is 2. The van der Waals surface area contributed by atoms with E-state index in [-0.39, 0.29) is 49.9 Å². The topological polar surface area (TPSA) is 226 Å². The van der Waals surface area contributed by atoms with Crippen LogP contribution in [0, 0.1) is 14.7 Å². The minimum atomic E-state index is -1.00. The molecule has 2 amide bonds. The quantitative estimate of drug-likeness (QED) is 0.111. The van der Waals surface area contributed by atoms with Crippen molar-refractivity contribution in [2.24, 2.45) is 26.3 Å². The Balaban J connectivity index is 1.64. The first kappa shape index (κ1) is 38.1. The molecule has 0 unspecified atom stereocenters. The summed E-state index contributed by atoms with van der Waals surface area (Å²) in [5.41, 5.74) is 13.0. The second kappa shape index (κ2) is 18.9. The van der Waals surface area contributed by atoms with Crippen LogP contribution in [0.1, 0.15) is 50.7 Å². The summed E-state index contributed by atoms with van der Waals surface area (Å²) in [7, 11) is 0. The Morgan fingerprint density at radius 3 is 1.96 bits per heavy atom. The monoisotopic (exact) mass is 702 g/mol. The smallest absolute Gasteiger partial charge is 0.334 e. The summed E-state index contributed by atoms with van der Waals surface area (Å²) >= 11 is 0. The van der Waals surface area contributed by atoms with Gasteiger partial charge < -0.3 is 15.7 Å². The summed E-state index contributed by atoms with van der Waals surface area (Å²) in [6, 6.07) is 14.5. The fourth-order valence-electron chi connectivity index (χ4n) is 4.87.